The third kappa shape index (κ3) is 5.20. The largest absolute Gasteiger partial charge is 0.444 e. The summed E-state index contributed by atoms with van der Waals surface area (Å²) in [4.78, 5) is 16.4. The quantitative estimate of drug-likeness (QED) is 0.893. The third-order valence-electron chi connectivity index (χ3n) is 2.07. The molecule has 1 unspecified atom stereocenters. The van der Waals surface area contributed by atoms with E-state index in [1.807, 2.05) is 20.8 Å². The van der Waals surface area contributed by atoms with Gasteiger partial charge in [-0.3, -0.25) is 0 Å². The molecule has 3 N–H and O–H groups in total. The SMILES string of the molecule is CC(C)(C)OC(=O)NCC(CN)c1cnc(Cl)s1. The highest BCUT2D eigenvalue weighted by Gasteiger charge is 2.18. The van der Waals surface area contributed by atoms with E-state index < -0.39 is 11.7 Å². The Morgan fingerprint density at radius 1 is 1.67 bits per heavy atom. The van der Waals surface area contributed by atoms with Crippen LogP contribution in [0.5, 0.6) is 0 Å². The third-order valence-corrected chi connectivity index (χ3v) is 3.35. The summed E-state index contributed by atoms with van der Waals surface area (Å²) in [6.45, 7) is 6.26. The molecule has 1 atom stereocenters. The smallest absolute Gasteiger partial charge is 0.407 e. The van der Waals surface area contributed by atoms with E-state index in [1.165, 1.54) is 11.3 Å². The highest BCUT2D eigenvalue weighted by molar-refractivity contribution is 7.15. The highest BCUT2D eigenvalue weighted by atomic mass is 35.5. The molecular formula is C11H18ClN3O2S. The first-order valence-electron chi connectivity index (χ1n) is 5.60. The molecule has 0 aliphatic carbocycles. The number of carbonyl (C=O) groups excluding carboxylic acids is 1. The van der Waals surface area contributed by atoms with Gasteiger partial charge >= 0.3 is 6.09 Å². The number of halogens is 1. The normalized spacial score (nSPS) is 13.2. The fourth-order valence-corrected chi connectivity index (χ4v) is 2.34. The molecule has 1 rings (SSSR count). The van der Waals surface area contributed by atoms with Crippen LogP contribution in [0.3, 0.4) is 0 Å². The Morgan fingerprint density at radius 2 is 2.33 bits per heavy atom. The number of nitrogens with one attached hydrogen (secondary N) is 1. The molecule has 0 saturated carbocycles. The standard InChI is InChI=1S/C11H18ClN3O2S/c1-11(2,3)17-10(16)15-5-7(4-13)8-6-14-9(12)18-8/h6-7H,4-5,13H2,1-3H3,(H,15,16). The Hall–Kier alpha value is -0.850. The molecule has 1 heterocycles. The Kier molecular flexibility index (Phi) is 5.37. The highest BCUT2D eigenvalue weighted by Crippen LogP contribution is 2.24. The van der Waals surface area contributed by atoms with Crippen molar-refractivity contribution < 1.29 is 9.53 Å². The lowest BCUT2D eigenvalue weighted by Crippen LogP contribution is -2.36. The fraction of sp³-hybridized carbons (Fsp3) is 0.636. The number of thiazole rings is 1. The number of rotatable bonds is 4. The molecule has 0 bridgehead atoms. The van der Waals surface area contributed by atoms with Crippen LogP contribution in [-0.2, 0) is 4.74 Å². The van der Waals surface area contributed by atoms with Crippen LogP contribution >= 0.6 is 22.9 Å². The van der Waals surface area contributed by atoms with Crippen LogP contribution in [0.1, 0.15) is 31.6 Å². The number of carbonyl (C=O) groups is 1. The van der Waals surface area contributed by atoms with Gasteiger partial charge in [0.15, 0.2) is 4.47 Å². The van der Waals surface area contributed by atoms with E-state index in [0.717, 1.165) is 4.88 Å². The molecule has 0 spiro atoms. The van der Waals surface area contributed by atoms with E-state index in [0.29, 0.717) is 17.6 Å². The van der Waals surface area contributed by atoms with Crippen LogP contribution in [0.4, 0.5) is 4.79 Å². The lowest BCUT2D eigenvalue weighted by Gasteiger charge is -2.21. The van der Waals surface area contributed by atoms with Gasteiger partial charge in [0.1, 0.15) is 5.60 Å². The van der Waals surface area contributed by atoms with Gasteiger partial charge < -0.3 is 15.8 Å². The van der Waals surface area contributed by atoms with Crippen LogP contribution in [0.25, 0.3) is 0 Å². The van der Waals surface area contributed by atoms with Crippen molar-refractivity contribution in [1.82, 2.24) is 10.3 Å². The van der Waals surface area contributed by atoms with Gasteiger partial charge in [-0.15, -0.1) is 11.3 Å². The molecule has 5 nitrogen and oxygen atoms in total. The summed E-state index contributed by atoms with van der Waals surface area (Å²) >= 11 is 7.13. The van der Waals surface area contributed by atoms with Crippen molar-refractivity contribution in [2.24, 2.45) is 5.73 Å². The summed E-state index contributed by atoms with van der Waals surface area (Å²) in [5, 5.41) is 2.69. The van der Waals surface area contributed by atoms with Crippen LogP contribution < -0.4 is 11.1 Å². The average molecular weight is 292 g/mol. The topological polar surface area (TPSA) is 77.2 Å². The van der Waals surface area contributed by atoms with Gasteiger partial charge in [-0.1, -0.05) is 11.6 Å². The van der Waals surface area contributed by atoms with Gasteiger partial charge in [0.05, 0.1) is 0 Å². The van der Waals surface area contributed by atoms with Crippen molar-refractivity contribution in [3.63, 3.8) is 0 Å². The Bertz CT molecular complexity index is 403. The number of ether oxygens (including phenoxy) is 1. The maximum atomic E-state index is 11.5. The van der Waals surface area contributed by atoms with Crippen LogP contribution in [0.2, 0.25) is 4.47 Å². The minimum Gasteiger partial charge on any atom is -0.444 e. The molecule has 7 heteroatoms. The predicted molar refractivity (Wildman–Crippen MR) is 73.2 cm³/mol. The molecular weight excluding hydrogens is 274 g/mol. The molecule has 102 valence electrons. The second kappa shape index (κ2) is 6.36. The van der Waals surface area contributed by atoms with Crippen LogP contribution in [0, 0.1) is 0 Å². The Balaban J connectivity index is 2.48. The van der Waals surface area contributed by atoms with Gasteiger partial charge in [0.2, 0.25) is 0 Å². The van der Waals surface area contributed by atoms with E-state index in [1.54, 1.807) is 6.20 Å². The Labute approximate surface area is 116 Å². The minimum atomic E-state index is -0.504. The van der Waals surface area contributed by atoms with Crippen molar-refractivity contribution in [2.45, 2.75) is 32.3 Å². The zero-order valence-corrected chi connectivity index (χ0v) is 12.3. The molecule has 0 aliphatic heterocycles. The van der Waals surface area contributed by atoms with Gasteiger partial charge in [-0.05, 0) is 20.8 Å². The molecule has 18 heavy (non-hydrogen) atoms. The summed E-state index contributed by atoms with van der Waals surface area (Å²) < 4.78 is 5.62. The van der Waals surface area contributed by atoms with Crippen molar-refractivity contribution in [3.8, 4) is 0 Å². The van der Waals surface area contributed by atoms with E-state index >= 15 is 0 Å². The second-order valence-corrected chi connectivity index (χ2v) is 6.48. The molecule has 1 aromatic heterocycles. The number of alkyl carbamates (subject to hydrolysis) is 1. The van der Waals surface area contributed by atoms with Gasteiger partial charge in [-0.2, -0.15) is 0 Å². The van der Waals surface area contributed by atoms with E-state index in [2.05, 4.69) is 10.3 Å². The summed E-state index contributed by atoms with van der Waals surface area (Å²) in [5.41, 5.74) is 5.17. The molecule has 1 amide bonds. The summed E-state index contributed by atoms with van der Waals surface area (Å²) in [7, 11) is 0. The molecule has 0 aliphatic rings. The van der Waals surface area contributed by atoms with Crippen molar-refractivity contribution in [2.75, 3.05) is 13.1 Å². The van der Waals surface area contributed by atoms with Crippen molar-refractivity contribution >= 4 is 29.0 Å². The number of aromatic nitrogens is 1. The molecule has 0 saturated heterocycles. The molecule has 1 aromatic rings. The fourth-order valence-electron chi connectivity index (χ4n) is 1.27. The number of nitrogens with zero attached hydrogens (tertiary/aromatic N) is 1. The Morgan fingerprint density at radius 3 is 2.78 bits per heavy atom. The molecule has 0 aromatic carbocycles. The van der Waals surface area contributed by atoms with Crippen molar-refractivity contribution in [3.05, 3.63) is 15.5 Å². The first-order valence-corrected chi connectivity index (χ1v) is 6.79. The zero-order valence-electron chi connectivity index (χ0n) is 10.7. The number of nitrogens with two attached hydrogens (primary N) is 1. The average Bonchev–Trinajstić information content (AvgIpc) is 2.63. The zero-order chi connectivity index (χ0) is 13.8. The molecule has 0 fully saturated rings. The summed E-state index contributed by atoms with van der Waals surface area (Å²) in [6, 6.07) is 0. The van der Waals surface area contributed by atoms with Gasteiger partial charge in [-0.25, -0.2) is 9.78 Å². The maximum Gasteiger partial charge on any atom is 0.407 e. The first kappa shape index (κ1) is 15.2. The lowest BCUT2D eigenvalue weighted by atomic mass is 10.1. The van der Waals surface area contributed by atoms with Crippen molar-refractivity contribution in [1.29, 1.82) is 0 Å². The first-order chi connectivity index (χ1) is 8.31. The summed E-state index contributed by atoms with van der Waals surface area (Å²) in [6.07, 6.45) is 1.23. The van der Waals surface area contributed by atoms with Crippen LogP contribution in [-0.4, -0.2) is 29.8 Å². The van der Waals surface area contributed by atoms with Crippen LogP contribution in [0.15, 0.2) is 6.20 Å². The second-order valence-electron chi connectivity index (χ2n) is 4.83. The number of hydrogen-bond acceptors (Lipinski definition) is 5. The number of amides is 1. The van der Waals surface area contributed by atoms with E-state index in [-0.39, 0.29) is 5.92 Å². The minimum absolute atomic E-state index is 0.00233. The predicted octanol–water partition coefficient (Wildman–Crippen LogP) is 2.36. The summed E-state index contributed by atoms with van der Waals surface area (Å²) in [5.74, 6) is 0.00233. The van der Waals surface area contributed by atoms with Gasteiger partial charge in [0, 0.05) is 30.1 Å². The molecule has 0 radical (unpaired) electrons. The van der Waals surface area contributed by atoms with Gasteiger partial charge in [0.25, 0.3) is 0 Å². The number of hydrogen-bond donors (Lipinski definition) is 2. The monoisotopic (exact) mass is 291 g/mol. The maximum absolute atomic E-state index is 11.5. The van der Waals surface area contributed by atoms with E-state index in [4.69, 9.17) is 22.1 Å². The lowest BCUT2D eigenvalue weighted by molar-refractivity contribution is 0.0525. The van der Waals surface area contributed by atoms with E-state index in [9.17, 15) is 4.79 Å².